The van der Waals surface area contributed by atoms with Crippen molar-refractivity contribution in [2.75, 3.05) is 0 Å². The van der Waals surface area contributed by atoms with E-state index in [-0.39, 0.29) is 23.0 Å². The number of hydrogen-bond acceptors (Lipinski definition) is 6. The van der Waals surface area contributed by atoms with E-state index in [1.54, 1.807) is 12.1 Å². The fraction of sp³-hybridized carbons (Fsp3) is 0. The van der Waals surface area contributed by atoms with E-state index in [1.165, 1.54) is 36.4 Å². The largest absolute Gasteiger partial charge is 0.508 e. The minimum absolute atomic E-state index is 0.0880. The van der Waals surface area contributed by atoms with Gasteiger partial charge in [-0.25, -0.2) is 0 Å². The second-order valence-electron chi connectivity index (χ2n) is 3.04. The molecule has 0 amide bonds. The van der Waals surface area contributed by atoms with E-state index in [2.05, 4.69) is 0 Å². The van der Waals surface area contributed by atoms with E-state index in [0.717, 1.165) is 0 Å². The molecule has 108 valence electrons. The summed E-state index contributed by atoms with van der Waals surface area (Å²) < 4.78 is 0. The van der Waals surface area contributed by atoms with Crippen LogP contribution in [0, 0.1) is 0 Å². The third kappa shape index (κ3) is 10.2. The van der Waals surface area contributed by atoms with Gasteiger partial charge in [0.1, 0.15) is 36.6 Å². The fourth-order valence-electron chi connectivity index (χ4n) is 0.986. The summed E-state index contributed by atoms with van der Waals surface area (Å²) in [5.41, 5.74) is 0. The Morgan fingerprint density at radius 1 is 0.550 bits per heavy atom. The molecule has 6 nitrogen and oxygen atoms in total. The SMILES string of the molecule is C=O.C=O.Oc1cccc(O)c1.Oc1cccc(O)c1. The van der Waals surface area contributed by atoms with Gasteiger partial charge in [-0.05, 0) is 24.3 Å². The zero-order chi connectivity index (χ0) is 16.0. The van der Waals surface area contributed by atoms with E-state index < -0.39 is 0 Å². The van der Waals surface area contributed by atoms with Crippen LogP contribution in [0.2, 0.25) is 0 Å². The second-order valence-corrected chi connectivity index (χ2v) is 3.04. The third-order valence-electron chi connectivity index (χ3n) is 1.66. The van der Waals surface area contributed by atoms with Crippen LogP contribution in [0.5, 0.6) is 23.0 Å². The molecular formula is C14H16O6. The zero-order valence-electron chi connectivity index (χ0n) is 10.6. The first kappa shape index (κ1) is 19.3. The van der Waals surface area contributed by atoms with Crippen LogP contribution in [0.1, 0.15) is 0 Å². The first-order valence-corrected chi connectivity index (χ1v) is 5.11. The molecule has 0 radical (unpaired) electrons. The molecule has 2 rings (SSSR count). The first-order valence-electron chi connectivity index (χ1n) is 5.11. The smallest absolute Gasteiger partial charge is 0.119 e. The predicted molar refractivity (Wildman–Crippen MR) is 73.8 cm³/mol. The molecule has 0 aliphatic carbocycles. The summed E-state index contributed by atoms with van der Waals surface area (Å²) in [6.45, 7) is 4.00. The number of aromatic hydroxyl groups is 4. The van der Waals surface area contributed by atoms with Gasteiger partial charge in [0, 0.05) is 12.1 Å². The Labute approximate surface area is 116 Å². The van der Waals surface area contributed by atoms with Gasteiger partial charge in [-0.2, -0.15) is 0 Å². The van der Waals surface area contributed by atoms with Crippen LogP contribution in [0.15, 0.2) is 48.5 Å². The van der Waals surface area contributed by atoms with Gasteiger partial charge in [0.05, 0.1) is 0 Å². The molecule has 0 heterocycles. The minimum atomic E-state index is 0.0880. The van der Waals surface area contributed by atoms with Crippen molar-refractivity contribution in [3.63, 3.8) is 0 Å². The predicted octanol–water partition coefficient (Wildman–Crippen LogP) is 1.83. The lowest BCUT2D eigenvalue weighted by atomic mass is 10.3. The normalized spacial score (nSPS) is 7.60. The molecule has 2 aromatic rings. The van der Waals surface area contributed by atoms with Gasteiger partial charge in [-0.3, -0.25) is 0 Å². The van der Waals surface area contributed by atoms with Crippen molar-refractivity contribution in [2.24, 2.45) is 0 Å². The van der Waals surface area contributed by atoms with E-state index >= 15 is 0 Å². The van der Waals surface area contributed by atoms with Gasteiger partial charge >= 0.3 is 0 Å². The highest BCUT2D eigenvalue weighted by Gasteiger charge is 1.86. The quantitative estimate of drug-likeness (QED) is 0.585. The van der Waals surface area contributed by atoms with Crippen LogP contribution < -0.4 is 0 Å². The Bertz CT molecular complexity index is 407. The average Bonchev–Trinajstić information content (AvgIpc) is 2.43. The van der Waals surface area contributed by atoms with Crippen LogP contribution in [-0.2, 0) is 9.59 Å². The van der Waals surface area contributed by atoms with Crippen LogP contribution in [0.3, 0.4) is 0 Å². The summed E-state index contributed by atoms with van der Waals surface area (Å²) in [5.74, 6) is 0.352. The highest BCUT2D eigenvalue weighted by molar-refractivity contribution is 5.30. The van der Waals surface area contributed by atoms with Crippen LogP contribution >= 0.6 is 0 Å². The number of phenolic OH excluding ortho intramolecular Hbond substituents is 4. The van der Waals surface area contributed by atoms with Crippen molar-refractivity contribution in [1.82, 2.24) is 0 Å². The molecule has 4 N–H and O–H groups in total. The van der Waals surface area contributed by atoms with E-state index in [1.807, 2.05) is 13.6 Å². The number of phenols is 4. The number of carbonyl (C=O) groups excluding carboxylic acids is 2. The molecule has 0 fully saturated rings. The van der Waals surface area contributed by atoms with E-state index in [0.29, 0.717) is 0 Å². The van der Waals surface area contributed by atoms with E-state index in [4.69, 9.17) is 30.0 Å². The standard InChI is InChI=1S/2C6H6O2.2CH2O/c2*7-5-2-1-3-6(8)4-5;2*1-2/h2*1-4,7-8H;2*1H2. The molecular weight excluding hydrogens is 264 g/mol. The van der Waals surface area contributed by atoms with Crippen molar-refractivity contribution in [2.45, 2.75) is 0 Å². The number of rotatable bonds is 0. The number of benzene rings is 2. The summed E-state index contributed by atoms with van der Waals surface area (Å²) >= 11 is 0. The summed E-state index contributed by atoms with van der Waals surface area (Å²) in [6, 6.07) is 11.7. The average molecular weight is 280 g/mol. The topological polar surface area (TPSA) is 115 Å². The molecule has 6 heteroatoms. The zero-order valence-corrected chi connectivity index (χ0v) is 10.6. The Morgan fingerprint density at radius 2 is 0.750 bits per heavy atom. The summed E-state index contributed by atoms with van der Waals surface area (Å²) in [4.78, 5) is 16.0. The maximum atomic E-state index is 8.65. The maximum absolute atomic E-state index is 8.65. The van der Waals surface area contributed by atoms with Gasteiger partial charge < -0.3 is 30.0 Å². The number of hydrogen-bond donors (Lipinski definition) is 4. The Hall–Kier alpha value is -3.02. The summed E-state index contributed by atoms with van der Waals surface area (Å²) in [5, 5.41) is 34.6. The molecule has 0 spiro atoms. The molecule has 0 aliphatic rings. The summed E-state index contributed by atoms with van der Waals surface area (Å²) in [6.07, 6.45) is 0. The molecule has 0 saturated heterocycles. The molecule has 20 heavy (non-hydrogen) atoms. The lowest BCUT2D eigenvalue weighted by Gasteiger charge is -1.89. The Balaban J connectivity index is 0. The fourth-order valence-corrected chi connectivity index (χ4v) is 0.986. The van der Waals surface area contributed by atoms with Crippen molar-refractivity contribution < 1.29 is 30.0 Å². The molecule has 2 aromatic carbocycles. The monoisotopic (exact) mass is 280 g/mol. The van der Waals surface area contributed by atoms with E-state index in [9.17, 15) is 0 Å². The highest BCUT2D eigenvalue weighted by atomic mass is 16.3. The molecule has 0 aliphatic heterocycles. The number of carbonyl (C=O) groups is 2. The second kappa shape index (κ2) is 12.4. The highest BCUT2D eigenvalue weighted by Crippen LogP contribution is 2.15. The Morgan fingerprint density at radius 3 is 0.850 bits per heavy atom. The van der Waals surface area contributed by atoms with Crippen molar-refractivity contribution in [3.8, 4) is 23.0 Å². The van der Waals surface area contributed by atoms with Crippen LogP contribution in [-0.4, -0.2) is 34.0 Å². The van der Waals surface area contributed by atoms with Crippen molar-refractivity contribution >= 4 is 13.6 Å². The van der Waals surface area contributed by atoms with Crippen molar-refractivity contribution in [3.05, 3.63) is 48.5 Å². The Kier molecular flexibility index (Phi) is 12.0. The third-order valence-corrected chi connectivity index (χ3v) is 1.66. The summed E-state index contributed by atoms with van der Waals surface area (Å²) in [7, 11) is 0. The molecule has 0 saturated carbocycles. The van der Waals surface area contributed by atoms with Gasteiger partial charge in [0.15, 0.2) is 0 Å². The molecule has 0 aromatic heterocycles. The van der Waals surface area contributed by atoms with Crippen LogP contribution in [0.25, 0.3) is 0 Å². The molecule has 0 unspecified atom stereocenters. The first-order chi connectivity index (χ1) is 9.58. The van der Waals surface area contributed by atoms with Crippen LogP contribution in [0.4, 0.5) is 0 Å². The van der Waals surface area contributed by atoms with Gasteiger partial charge in [-0.1, -0.05) is 12.1 Å². The molecule has 0 bridgehead atoms. The van der Waals surface area contributed by atoms with Crippen molar-refractivity contribution in [1.29, 1.82) is 0 Å². The minimum Gasteiger partial charge on any atom is -0.508 e. The van der Waals surface area contributed by atoms with Gasteiger partial charge in [-0.15, -0.1) is 0 Å². The van der Waals surface area contributed by atoms with Gasteiger partial charge in [0.2, 0.25) is 0 Å². The maximum Gasteiger partial charge on any atom is 0.119 e. The molecule has 0 atom stereocenters. The lowest BCUT2D eigenvalue weighted by Crippen LogP contribution is -1.61. The lowest BCUT2D eigenvalue weighted by molar-refractivity contribution is -0.0987. The van der Waals surface area contributed by atoms with Gasteiger partial charge in [0.25, 0.3) is 0 Å².